The molecule has 1 aromatic carbocycles. The van der Waals surface area contributed by atoms with E-state index in [-0.39, 0.29) is 17.5 Å². The molecule has 106 valence electrons. The van der Waals surface area contributed by atoms with Crippen molar-refractivity contribution < 1.29 is 4.79 Å². The lowest BCUT2D eigenvalue weighted by molar-refractivity contribution is 0.0963. The molecule has 2 N–H and O–H groups in total. The molecule has 0 saturated heterocycles. The van der Waals surface area contributed by atoms with Crippen molar-refractivity contribution in [2.45, 2.75) is 38.1 Å². The van der Waals surface area contributed by atoms with Crippen LogP contribution in [0.3, 0.4) is 0 Å². The van der Waals surface area contributed by atoms with E-state index in [4.69, 9.17) is 0 Å². The molecule has 1 aliphatic carbocycles. The maximum atomic E-state index is 12.4. The lowest BCUT2D eigenvalue weighted by atomic mass is 9.96. The highest BCUT2D eigenvalue weighted by atomic mass is 16.1. The van der Waals surface area contributed by atoms with E-state index in [1.165, 1.54) is 19.3 Å². The summed E-state index contributed by atoms with van der Waals surface area (Å²) in [5.41, 5.74) is 1.33. The third-order valence-electron chi connectivity index (χ3n) is 4.14. The van der Waals surface area contributed by atoms with E-state index in [0.29, 0.717) is 10.9 Å². The number of benzene rings is 1. The molecule has 0 unspecified atom stereocenters. The van der Waals surface area contributed by atoms with Gasteiger partial charge >= 0.3 is 0 Å². The number of rotatable bonds is 2. The van der Waals surface area contributed by atoms with Gasteiger partial charge in [-0.05, 0) is 31.0 Å². The number of aromatic amines is 1. The van der Waals surface area contributed by atoms with Gasteiger partial charge in [-0.1, -0.05) is 19.3 Å². The number of amides is 1. The number of nitrogens with one attached hydrogen (secondary N) is 2. The number of hydrogen-bond donors (Lipinski definition) is 2. The predicted molar refractivity (Wildman–Crippen MR) is 78.1 cm³/mol. The molecule has 5 nitrogen and oxygen atoms in total. The first kappa shape index (κ1) is 13.0. The fourth-order valence-corrected chi connectivity index (χ4v) is 3.02. The summed E-state index contributed by atoms with van der Waals surface area (Å²) in [6.45, 7) is 0. The monoisotopic (exact) mass is 273 g/mol. The van der Waals surface area contributed by atoms with Crippen molar-refractivity contribution in [2.24, 2.45) is 0 Å². The number of hydrogen-bond acceptors (Lipinski definition) is 2. The fourth-order valence-electron chi connectivity index (χ4n) is 3.02. The van der Waals surface area contributed by atoms with Gasteiger partial charge in [0.2, 0.25) is 0 Å². The minimum atomic E-state index is -0.141. The van der Waals surface area contributed by atoms with Crippen LogP contribution in [0.2, 0.25) is 0 Å². The number of H-pyrrole nitrogens is 1. The van der Waals surface area contributed by atoms with E-state index in [1.807, 2.05) is 0 Å². The van der Waals surface area contributed by atoms with Crippen molar-refractivity contribution in [1.82, 2.24) is 15.1 Å². The second-order valence-electron chi connectivity index (χ2n) is 5.42. The van der Waals surface area contributed by atoms with Gasteiger partial charge in [-0.2, -0.15) is 0 Å². The maximum Gasteiger partial charge on any atom is 0.274 e. The van der Waals surface area contributed by atoms with Gasteiger partial charge in [0.05, 0.1) is 16.9 Å². The third-order valence-corrected chi connectivity index (χ3v) is 4.14. The summed E-state index contributed by atoms with van der Waals surface area (Å²) in [5.74, 6) is -0.141. The van der Waals surface area contributed by atoms with Crippen molar-refractivity contribution in [3.63, 3.8) is 0 Å². The second-order valence-corrected chi connectivity index (χ2v) is 5.42. The quantitative estimate of drug-likeness (QED) is 0.880. The van der Waals surface area contributed by atoms with E-state index < -0.39 is 0 Å². The van der Waals surface area contributed by atoms with Crippen LogP contribution >= 0.6 is 0 Å². The van der Waals surface area contributed by atoms with Gasteiger partial charge in [0, 0.05) is 12.6 Å². The smallest absolute Gasteiger partial charge is 0.274 e. The van der Waals surface area contributed by atoms with Crippen LogP contribution in [-0.4, -0.2) is 22.7 Å². The number of carbonyl (C=O) groups is 1. The molecule has 2 aromatic rings. The summed E-state index contributed by atoms with van der Waals surface area (Å²) in [5, 5.41) is 6.43. The number of fused-ring (bicyclic) bond motifs is 1. The molecule has 0 aliphatic heterocycles. The van der Waals surface area contributed by atoms with Crippen LogP contribution in [0.1, 0.15) is 48.5 Å². The van der Waals surface area contributed by atoms with Gasteiger partial charge < -0.3 is 5.32 Å². The average molecular weight is 273 g/mol. The van der Waals surface area contributed by atoms with E-state index in [0.717, 1.165) is 18.4 Å². The summed E-state index contributed by atoms with van der Waals surface area (Å²) >= 11 is 0. The van der Waals surface area contributed by atoms with Gasteiger partial charge in [-0.25, -0.2) is 4.68 Å². The van der Waals surface area contributed by atoms with E-state index >= 15 is 0 Å². The summed E-state index contributed by atoms with van der Waals surface area (Å²) in [6.07, 6.45) is 5.71. The molecule has 1 heterocycles. The SMILES string of the molecule is CNC(=O)c1ccc2c(=O)n(C3CCCCC3)[nH]c2c1. The normalized spacial score (nSPS) is 16.4. The molecular formula is C15H19N3O2. The van der Waals surface area contributed by atoms with Crippen LogP contribution in [0.5, 0.6) is 0 Å². The Morgan fingerprint density at radius 2 is 2.05 bits per heavy atom. The molecule has 5 heteroatoms. The Labute approximate surface area is 117 Å². The summed E-state index contributed by atoms with van der Waals surface area (Å²) < 4.78 is 1.75. The Hall–Kier alpha value is -2.04. The van der Waals surface area contributed by atoms with Crippen molar-refractivity contribution in [3.05, 3.63) is 34.1 Å². The molecular weight excluding hydrogens is 254 g/mol. The standard InChI is InChI=1S/C15H19N3O2/c1-16-14(19)10-7-8-12-13(9-10)17-18(15(12)20)11-5-3-2-4-6-11/h7-9,11,17H,2-6H2,1H3,(H,16,19). The Bertz CT molecular complexity index is 693. The molecule has 1 amide bonds. The van der Waals surface area contributed by atoms with Gasteiger partial charge in [0.1, 0.15) is 0 Å². The molecule has 1 aromatic heterocycles. The Balaban J connectivity index is 2.04. The first-order valence-electron chi connectivity index (χ1n) is 7.17. The highest BCUT2D eigenvalue weighted by Gasteiger charge is 2.19. The van der Waals surface area contributed by atoms with Crippen molar-refractivity contribution in [3.8, 4) is 0 Å². The number of carbonyl (C=O) groups excluding carboxylic acids is 1. The molecule has 1 aliphatic rings. The Morgan fingerprint density at radius 1 is 1.30 bits per heavy atom. The molecule has 1 fully saturated rings. The van der Waals surface area contributed by atoms with Gasteiger partial charge in [-0.3, -0.25) is 14.7 Å². The van der Waals surface area contributed by atoms with Crippen LogP contribution in [-0.2, 0) is 0 Å². The third kappa shape index (κ3) is 2.13. The summed E-state index contributed by atoms with van der Waals surface area (Å²) in [6, 6.07) is 5.45. The fraction of sp³-hybridized carbons (Fsp3) is 0.467. The van der Waals surface area contributed by atoms with Gasteiger partial charge in [0.15, 0.2) is 0 Å². The average Bonchev–Trinajstić information content (AvgIpc) is 2.84. The van der Waals surface area contributed by atoms with Crippen LogP contribution in [0.15, 0.2) is 23.0 Å². The Morgan fingerprint density at radius 3 is 2.75 bits per heavy atom. The van der Waals surface area contributed by atoms with E-state index in [2.05, 4.69) is 10.4 Å². The Kier molecular flexibility index (Phi) is 3.34. The first-order valence-corrected chi connectivity index (χ1v) is 7.17. The minimum absolute atomic E-state index is 0.0235. The molecule has 20 heavy (non-hydrogen) atoms. The minimum Gasteiger partial charge on any atom is -0.355 e. The molecule has 0 atom stereocenters. The van der Waals surface area contributed by atoms with Crippen molar-refractivity contribution in [2.75, 3.05) is 7.05 Å². The van der Waals surface area contributed by atoms with Crippen LogP contribution in [0.25, 0.3) is 10.9 Å². The second kappa shape index (κ2) is 5.15. The van der Waals surface area contributed by atoms with Crippen molar-refractivity contribution >= 4 is 16.8 Å². The highest BCUT2D eigenvalue weighted by molar-refractivity contribution is 5.97. The van der Waals surface area contributed by atoms with Crippen LogP contribution in [0.4, 0.5) is 0 Å². The molecule has 0 radical (unpaired) electrons. The van der Waals surface area contributed by atoms with E-state index in [1.54, 1.807) is 29.9 Å². The lowest BCUT2D eigenvalue weighted by Gasteiger charge is -2.21. The van der Waals surface area contributed by atoms with Gasteiger partial charge in [-0.15, -0.1) is 0 Å². The number of aromatic nitrogens is 2. The zero-order chi connectivity index (χ0) is 14.1. The molecule has 3 rings (SSSR count). The maximum absolute atomic E-state index is 12.4. The van der Waals surface area contributed by atoms with Gasteiger partial charge in [0.25, 0.3) is 11.5 Å². The topological polar surface area (TPSA) is 66.9 Å². The zero-order valence-corrected chi connectivity index (χ0v) is 11.6. The number of nitrogens with zero attached hydrogens (tertiary/aromatic N) is 1. The molecule has 0 spiro atoms. The highest BCUT2D eigenvalue weighted by Crippen LogP contribution is 2.27. The summed E-state index contributed by atoms with van der Waals surface area (Å²) in [4.78, 5) is 24.1. The van der Waals surface area contributed by atoms with Crippen LogP contribution in [0, 0.1) is 0 Å². The lowest BCUT2D eigenvalue weighted by Crippen LogP contribution is -2.24. The van der Waals surface area contributed by atoms with E-state index in [9.17, 15) is 9.59 Å². The largest absolute Gasteiger partial charge is 0.355 e. The summed E-state index contributed by atoms with van der Waals surface area (Å²) in [7, 11) is 1.60. The predicted octanol–water partition coefficient (Wildman–Crippen LogP) is 2.19. The first-order chi connectivity index (χ1) is 9.70. The zero-order valence-electron chi connectivity index (χ0n) is 11.6. The van der Waals surface area contributed by atoms with Crippen LogP contribution < -0.4 is 10.9 Å². The molecule has 0 bridgehead atoms. The van der Waals surface area contributed by atoms with Crippen molar-refractivity contribution in [1.29, 1.82) is 0 Å². The molecule has 1 saturated carbocycles.